The molecule has 0 saturated heterocycles. The average molecular weight is 402 g/mol. The predicted octanol–water partition coefficient (Wildman–Crippen LogP) is -2.07. The predicted molar refractivity (Wildman–Crippen MR) is 97.9 cm³/mol. The topological polar surface area (TPSA) is 199 Å². The van der Waals surface area contributed by atoms with Crippen molar-refractivity contribution >= 4 is 5.97 Å². The maximum absolute atomic E-state index is 9.96. The van der Waals surface area contributed by atoms with Gasteiger partial charge in [-0.3, -0.25) is 4.79 Å². The van der Waals surface area contributed by atoms with Crippen LogP contribution in [-0.2, 0) is 4.79 Å². The summed E-state index contributed by atoms with van der Waals surface area (Å²) in [6.07, 6.45) is 4.55. The lowest BCUT2D eigenvalue weighted by atomic mass is 9.93. The van der Waals surface area contributed by atoms with Crippen molar-refractivity contribution in [3.8, 4) is 0 Å². The van der Waals surface area contributed by atoms with Crippen molar-refractivity contribution in [3.05, 3.63) is 0 Å². The van der Waals surface area contributed by atoms with E-state index in [1.165, 1.54) is 6.42 Å². The summed E-state index contributed by atoms with van der Waals surface area (Å²) in [4.78, 5) is 9.96. The van der Waals surface area contributed by atoms with Gasteiger partial charge in [0.1, 0.15) is 0 Å². The minimum atomic E-state index is -1.11. The number of aliphatic hydroxyl groups is 8. The van der Waals surface area contributed by atoms with Gasteiger partial charge >= 0.3 is 5.97 Å². The van der Waals surface area contributed by atoms with E-state index >= 15 is 0 Å². The highest BCUT2D eigenvalue weighted by atomic mass is 16.4. The number of hydrogen-bond acceptors (Lipinski definition) is 9. The third-order valence-corrected chi connectivity index (χ3v) is 3.93. The largest absolute Gasteiger partial charge is 0.481 e. The van der Waals surface area contributed by atoms with Gasteiger partial charge in [0.25, 0.3) is 0 Å². The summed E-state index contributed by atoms with van der Waals surface area (Å²) in [7, 11) is 0. The van der Waals surface area contributed by atoms with Crippen molar-refractivity contribution in [3.63, 3.8) is 0 Å². The van der Waals surface area contributed by atoms with Crippen LogP contribution in [0.2, 0.25) is 0 Å². The molecule has 0 fully saturated rings. The first-order chi connectivity index (χ1) is 12.8. The standard InChI is InChI=1S/C7H14O2.2C5H12O4/c1-2-3-4-5-6-7(8)9;2*6-1-5(2-7,3-8)4-9/h2-6H2,1H3,(H,8,9);2*6-9H,1-4H2. The lowest BCUT2D eigenvalue weighted by molar-refractivity contribution is -0.137. The molecule has 0 atom stereocenters. The minimum Gasteiger partial charge on any atom is -0.481 e. The molecule has 10 nitrogen and oxygen atoms in total. The number of rotatable bonds is 13. The molecule has 0 unspecified atom stereocenters. The molecule has 9 N–H and O–H groups in total. The first kappa shape index (κ1) is 30.9. The number of aliphatic carboxylic acids is 1. The van der Waals surface area contributed by atoms with Crippen LogP contribution in [-0.4, -0.2) is 105 Å². The van der Waals surface area contributed by atoms with Crippen LogP contribution in [0.15, 0.2) is 0 Å². The fourth-order valence-corrected chi connectivity index (χ4v) is 1.30. The van der Waals surface area contributed by atoms with Gasteiger partial charge in [-0.05, 0) is 6.42 Å². The molecule has 0 aliphatic carbocycles. The molecule has 0 aromatic heterocycles. The van der Waals surface area contributed by atoms with Crippen molar-refractivity contribution < 1.29 is 50.8 Å². The number of aliphatic hydroxyl groups excluding tert-OH is 8. The van der Waals surface area contributed by atoms with Gasteiger partial charge < -0.3 is 46.0 Å². The summed E-state index contributed by atoms with van der Waals surface area (Å²) in [5.41, 5.74) is -2.22. The third kappa shape index (κ3) is 15.9. The number of carbonyl (C=O) groups is 1. The smallest absolute Gasteiger partial charge is 0.303 e. The van der Waals surface area contributed by atoms with Crippen LogP contribution in [0.1, 0.15) is 39.0 Å². The Bertz CT molecular complexity index is 262. The van der Waals surface area contributed by atoms with Crippen molar-refractivity contribution in [2.75, 3.05) is 52.9 Å². The van der Waals surface area contributed by atoms with Crippen molar-refractivity contribution in [2.24, 2.45) is 10.8 Å². The van der Waals surface area contributed by atoms with Crippen molar-refractivity contribution in [1.82, 2.24) is 0 Å². The third-order valence-electron chi connectivity index (χ3n) is 3.93. The first-order valence-electron chi connectivity index (χ1n) is 8.85. The monoisotopic (exact) mass is 402 g/mol. The van der Waals surface area contributed by atoms with Gasteiger partial charge in [-0.2, -0.15) is 0 Å². The molecule has 0 aliphatic rings. The van der Waals surface area contributed by atoms with Crippen LogP contribution in [0.5, 0.6) is 0 Å². The van der Waals surface area contributed by atoms with E-state index in [0.717, 1.165) is 19.3 Å². The Balaban J connectivity index is -0.000000320. The van der Waals surface area contributed by atoms with Crippen LogP contribution in [0, 0.1) is 10.8 Å². The highest BCUT2D eigenvalue weighted by Gasteiger charge is 2.27. The van der Waals surface area contributed by atoms with Crippen LogP contribution in [0.3, 0.4) is 0 Å². The Hall–Kier alpha value is -0.850. The van der Waals surface area contributed by atoms with Crippen LogP contribution < -0.4 is 0 Å². The normalized spacial score (nSPS) is 11.1. The van der Waals surface area contributed by atoms with Crippen LogP contribution in [0.4, 0.5) is 0 Å². The summed E-state index contributed by atoms with van der Waals surface area (Å²) in [5.74, 6) is -0.675. The Labute approximate surface area is 160 Å². The molecule has 0 radical (unpaired) electrons. The van der Waals surface area contributed by atoms with Crippen molar-refractivity contribution in [2.45, 2.75) is 39.0 Å². The number of hydrogen-bond donors (Lipinski definition) is 9. The van der Waals surface area contributed by atoms with Crippen molar-refractivity contribution in [1.29, 1.82) is 0 Å². The molecule has 10 heteroatoms. The maximum atomic E-state index is 9.96. The molecule has 0 heterocycles. The fourth-order valence-electron chi connectivity index (χ4n) is 1.30. The molecule has 0 aromatic carbocycles. The van der Waals surface area contributed by atoms with Gasteiger partial charge in [0.05, 0.1) is 63.7 Å². The van der Waals surface area contributed by atoms with E-state index in [0.29, 0.717) is 6.42 Å². The Kier molecular flexibility index (Phi) is 22.7. The van der Waals surface area contributed by atoms with E-state index in [-0.39, 0.29) is 0 Å². The molecule has 0 spiro atoms. The van der Waals surface area contributed by atoms with Crippen LogP contribution >= 0.6 is 0 Å². The molecule has 0 saturated carbocycles. The summed E-state index contributed by atoms with van der Waals surface area (Å²) < 4.78 is 0. The van der Waals surface area contributed by atoms with Gasteiger partial charge in [0, 0.05) is 6.42 Å². The highest BCUT2D eigenvalue weighted by molar-refractivity contribution is 5.66. The zero-order chi connectivity index (χ0) is 21.8. The zero-order valence-electron chi connectivity index (χ0n) is 16.1. The van der Waals surface area contributed by atoms with E-state index in [9.17, 15) is 4.79 Å². The summed E-state index contributed by atoms with van der Waals surface area (Å²) in [6.45, 7) is -1.14. The molecule has 0 rings (SSSR count). The van der Waals surface area contributed by atoms with Gasteiger partial charge in [-0.25, -0.2) is 0 Å². The Morgan fingerprint density at radius 2 is 0.889 bits per heavy atom. The second kappa shape index (κ2) is 19.9. The second-order valence-electron chi connectivity index (χ2n) is 6.47. The fraction of sp³-hybridized carbons (Fsp3) is 0.941. The lowest BCUT2D eigenvalue weighted by Gasteiger charge is -2.23. The molecule has 0 aromatic rings. The first-order valence-corrected chi connectivity index (χ1v) is 8.85. The number of carboxylic acids is 1. The molecule has 0 aliphatic heterocycles. The maximum Gasteiger partial charge on any atom is 0.303 e. The van der Waals surface area contributed by atoms with Gasteiger partial charge in [0.15, 0.2) is 0 Å². The van der Waals surface area contributed by atoms with Gasteiger partial charge in [0.2, 0.25) is 0 Å². The van der Waals surface area contributed by atoms with E-state index in [1.807, 2.05) is 0 Å². The van der Waals surface area contributed by atoms with Gasteiger partial charge in [-0.15, -0.1) is 0 Å². The number of carboxylic acid groups (broad SMARTS) is 1. The second-order valence-corrected chi connectivity index (χ2v) is 6.47. The average Bonchev–Trinajstić information content (AvgIpc) is 2.71. The molecule has 166 valence electrons. The van der Waals surface area contributed by atoms with Gasteiger partial charge in [-0.1, -0.05) is 26.2 Å². The van der Waals surface area contributed by atoms with E-state index in [1.54, 1.807) is 0 Å². The molecule has 0 amide bonds. The molecule has 0 bridgehead atoms. The quantitative estimate of drug-likeness (QED) is 0.154. The Morgan fingerprint density at radius 3 is 1.04 bits per heavy atom. The molecule has 27 heavy (non-hydrogen) atoms. The highest BCUT2D eigenvalue weighted by Crippen LogP contribution is 2.12. The molecular formula is C17H38O10. The lowest BCUT2D eigenvalue weighted by Crippen LogP contribution is -2.37. The molecular weight excluding hydrogens is 364 g/mol. The zero-order valence-corrected chi connectivity index (χ0v) is 16.1. The Morgan fingerprint density at radius 1 is 0.593 bits per heavy atom. The van der Waals surface area contributed by atoms with E-state index < -0.39 is 69.7 Å². The summed E-state index contributed by atoms with van der Waals surface area (Å²) >= 11 is 0. The summed E-state index contributed by atoms with van der Waals surface area (Å²) in [5, 5.41) is 76.2. The van der Waals surface area contributed by atoms with E-state index in [4.69, 9.17) is 46.0 Å². The van der Waals surface area contributed by atoms with Crippen LogP contribution in [0.25, 0.3) is 0 Å². The SMILES string of the molecule is CCCCCCC(=O)O.OCC(CO)(CO)CO.OCC(CO)(CO)CO. The minimum absolute atomic E-state index is 0.333. The summed E-state index contributed by atoms with van der Waals surface area (Å²) in [6, 6.07) is 0. The van der Waals surface area contributed by atoms with E-state index in [2.05, 4.69) is 6.92 Å². The number of unbranched alkanes of at least 4 members (excludes halogenated alkanes) is 3.